The molecule has 0 saturated carbocycles. The number of rotatable bonds is 3. The van der Waals surface area contributed by atoms with E-state index in [1.807, 2.05) is 20.8 Å². The van der Waals surface area contributed by atoms with Gasteiger partial charge < -0.3 is 5.32 Å². The number of anilines is 1. The lowest BCUT2D eigenvalue weighted by atomic mass is 10.2. The number of nitrogens with zero attached hydrogens (tertiary/aromatic N) is 3. The van der Waals surface area contributed by atoms with Crippen molar-refractivity contribution >= 4 is 11.7 Å². The summed E-state index contributed by atoms with van der Waals surface area (Å²) in [5.41, 5.74) is 1.29. The third kappa shape index (κ3) is 2.20. The van der Waals surface area contributed by atoms with Crippen LogP contribution in [0.15, 0.2) is 18.5 Å². The molecule has 0 saturated heterocycles. The van der Waals surface area contributed by atoms with Crippen LogP contribution in [0.2, 0.25) is 0 Å². The van der Waals surface area contributed by atoms with Gasteiger partial charge in [0, 0.05) is 17.8 Å². The maximum absolute atomic E-state index is 12.0. The molecule has 0 fully saturated rings. The normalized spacial score (nSPS) is 10.8. The Labute approximate surface area is 99.0 Å². The molecule has 2 aromatic rings. The van der Waals surface area contributed by atoms with Crippen LogP contribution in [0.1, 0.15) is 35.9 Å². The Morgan fingerprint density at radius 3 is 2.88 bits per heavy atom. The smallest absolute Gasteiger partial charge is 0.260 e. The Morgan fingerprint density at radius 1 is 1.53 bits per heavy atom. The van der Waals surface area contributed by atoms with E-state index in [9.17, 15) is 4.79 Å². The van der Waals surface area contributed by atoms with E-state index in [1.54, 1.807) is 16.9 Å². The molecule has 0 aromatic carbocycles. The van der Waals surface area contributed by atoms with Crippen molar-refractivity contribution < 1.29 is 4.79 Å². The van der Waals surface area contributed by atoms with Gasteiger partial charge in [-0.1, -0.05) is 0 Å². The second kappa shape index (κ2) is 4.40. The lowest BCUT2D eigenvalue weighted by Crippen LogP contribution is -2.17. The van der Waals surface area contributed by atoms with Crippen LogP contribution >= 0.6 is 0 Å². The Hall–Kier alpha value is -2.11. The first-order chi connectivity index (χ1) is 8.09. The van der Waals surface area contributed by atoms with Crippen LogP contribution in [0.5, 0.6) is 0 Å². The second-order valence-corrected chi connectivity index (χ2v) is 4.12. The topological polar surface area (TPSA) is 75.6 Å². The maximum Gasteiger partial charge on any atom is 0.260 e. The molecule has 2 aromatic heterocycles. The van der Waals surface area contributed by atoms with Crippen LogP contribution < -0.4 is 5.32 Å². The lowest BCUT2D eigenvalue weighted by Gasteiger charge is -2.11. The van der Waals surface area contributed by atoms with Gasteiger partial charge in [0.1, 0.15) is 5.82 Å². The number of carbonyl (C=O) groups excluding carboxylic acids is 1. The zero-order valence-corrected chi connectivity index (χ0v) is 10.1. The van der Waals surface area contributed by atoms with Gasteiger partial charge in [-0.2, -0.15) is 10.2 Å². The Morgan fingerprint density at radius 2 is 2.29 bits per heavy atom. The van der Waals surface area contributed by atoms with Crippen molar-refractivity contribution in [1.29, 1.82) is 0 Å². The highest BCUT2D eigenvalue weighted by Crippen LogP contribution is 2.14. The molecule has 0 aliphatic heterocycles. The monoisotopic (exact) mass is 233 g/mol. The predicted octanol–water partition coefficient (Wildman–Crippen LogP) is 1.75. The summed E-state index contributed by atoms with van der Waals surface area (Å²) in [6.45, 7) is 5.82. The lowest BCUT2D eigenvalue weighted by molar-refractivity contribution is 0.102. The minimum Gasteiger partial charge on any atom is -0.307 e. The van der Waals surface area contributed by atoms with Gasteiger partial charge in [0.25, 0.3) is 5.91 Å². The molecule has 2 heterocycles. The molecule has 2 rings (SSSR count). The molecule has 90 valence electrons. The van der Waals surface area contributed by atoms with Crippen molar-refractivity contribution in [1.82, 2.24) is 20.0 Å². The fourth-order valence-electron chi connectivity index (χ4n) is 1.59. The molecule has 1 amide bonds. The molecule has 17 heavy (non-hydrogen) atoms. The van der Waals surface area contributed by atoms with E-state index < -0.39 is 0 Å². The first-order valence-electron chi connectivity index (χ1n) is 5.44. The van der Waals surface area contributed by atoms with Crippen molar-refractivity contribution in [3.8, 4) is 0 Å². The SMILES string of the molecule is Cc1[nH]ncc1C(=O)Nc1ccnn1C(C)C. The molecule has 6 nitrogen and oxygen atoms in total. The number of aryl methyl sites for hydroxylation is 1. The largest absolute Gasteiger partial charge is 0.307 e. The van der Waals surface area contributed by atoms with E-state index in [-0.39, 0.29) is 11.9 Å². The minimum absolute atomic E-state index is 0.182. The van der Waals surface area contributed by atoms with Crippen LogP contribution in [0.4, 0.5) is 5.82 Å². The van der Waals surface area contributed by atoms with Gasteiger partial charge in [0.2, 0.25) is 0 Å². The standard InChI is InChI=1S/C11H15N5O/c1-7(2)16-10(4-5-13-16)14-11(17)9-6-12-15-8(9)3/h4-7H,1-3H3,(H,12,15)(H,14,17). The quantitative estimate of drug-likeness (QED) is 0.848. The number of amides is 1. The van der Waals surface area contributed by atoms with Crippen molar-refractivity contribution in [2.45, 2.75) is 26.8 Å². The number of aromatic nitrogens is 4. The van der Waals surface area contributed by atoms with Crippen LogP contribution in [-0.2, 0) is 0 Å². The van der Waals surface area contributed by atoms with Crippen LogP contribution in [0.3, 0.4) is 0 Å². The van der Waals surface area contributed by atoms with Gasteiger partial charge >= 0.3 is 0 Å². The molecule has 2 N–H and O–H groups in total. The van der Waals surface area contributed by atoms with Gasteiger partial charge in [-0.05, 0) is 20.8 Å². The van der Waals surface area contributed by atoms with Crippen molar-refractivity contribution in [3.63, 3.8) is 0 Å². The summed E-state index contributed by atoms with van der Waals surface area (Å²) < 4.78 is 1.76. The molecule has 0 unspecified atom stereocenters. The van der Waals surface area contributed by atoms with Gasteiger partial charge in [-0.15, -0.1) is 0 Å². The van der Waals surface area contributed by atoms with E-state index >= 15 is 0 Å². The Balaban J connectivity index is 2.19. The van der Waals surface area contributed by atoms with E-state index in [4.69, 9.17) is 0 Å². The molecule has 0 bridgehead atoms. The molecule has 6 heteroatoms. The van der Waals surface area contributed by atoms with Gasteiger partial charge in [-0.25, -0.2) is 4.68 Å². The molecular formula is C11H15N5O. The third-order valence-electron chi connectivity index (χ3n) is 2.48. The number of nitrogens with one attached hydrogen (secondary N) is 2. The number of carbonyl (C=O) groups is 1. The van der Waals surface area contributed by atoms with Crippen LogP contribution in [0.25, 0.3) is 0 Å². The van der Waals surface area contributed by atoms with E-state index in [0.29, 0.717) is 11.4 Å². The predicted molar refractivity (Wildman–Crippen MR) is 63.9 cm³/mol. The summed E-state index contributed by atoms with van der Waals surface area (Å²) >= 11 is 0. The molecule has 0 radical (unpaired) electrons. The molecule has 0 aliphatic carbocycles. The average molecular weight is 233 g/mol. The number of aromatic amines is 1. The molecule has 0 atom stereocenters. The third-order valence-corrected chi connectivity index (χ3v) is 2.48. The molecule has 0 aliphatic rings. The van der Waals surface area contributed by atoms with Gasteiger partial charge in [0.15, 0.2) is 0 Å². The second-order valence-electron chi connectivity index (χ2n) is 4.12. The Bertz CT molecular complexity index is 525. The number of hydrogen-bond donors (Lipinski definition) is 2. The van der Waals surface area contributed by atoms with E-state index in [2.05, 4.69) is 20.6 Å². The summed E-state index contributed by atoms with van der Waals surface area (Å²) in [7, 11) is 0. The van der Waals surface area contributed by atoms with Crippen molar-refractivity contribution in [3.05, 3.63) is 29.7 Å². The maximum atomic E-state index is 12.0. The first kappa shape index (κ1) is 11.4. The van der Waals surface area contributed by atoms with E-state index in [0.717, 1.165) is 5.69 Å². The summed E-state index contributed by atoms with van der Waals surface area (Å²) in [4.78, 5) is 12.0. The summed E-state index contributed by atoms with van der Waals surface area (Å²) in [5.74, 6) is 0.504. The van der Waals surface area contributed by atoms with E-state index in [1.165, 1.54) is 6.20 Å². The molecular weight excluding hydrogens is 218 g/mol. The van der Waals surface area contributed by atoms with Crippen LogP contribution in [-0.4, -0.2) is 25.9 Å². The first-order valence-corrected chi connectivity index (χ1v) is 5.44. The summed E-state index contributed by atoms with van der Waals surface area (Å²) in [5, 5.41) is 13.5. The zero-order chi connectivity index (χ0) is 12.4. The highest BCUT2D eigenvalue weighted by atomic mass is 16.1. The van der Waals surface area contributed by atoms with Gasteiger partial charge in [0.05, 0.1) is 18.0 Å². The average Bonchev–Trinajstić information content (AvgIpc) is 2.86. The van der Waals surface area contributed by atoms with Crippen molar-refractivity contribution in [2.24, 2.45) is 0 Å². The van der Waals surface area contributed by atoms with Crippen molar-refractivity contribution in [2.75, 3.05) is 5.32 Å². The fraction of sp³-hybridized carbons (Fsp3) is 0.364. The zero-order valence-electron chi connectivity index (χ0n) is 10.1. The highest BCUT2D eigenvalue weighted by molar-refractivity contribution is 6.04. The summed E-state index contributed by atoms with van der Waals surface area (Å²) in [6, 6.07) is 1.97. The number of hydrogen-bond acceptors (Lipinski definition) is 3. The minimum atomic E-state index is -0.182. The van der Waals surface area contributed by atoms with Crippen LogP contribution in [0, 0.1) is 6.92 Å². The molecule has 0 spiro atoms. The Kier molecular flexibility index (Phi) is 2.95. The fourth-order valence-corrected chi connectivity index (χ4v) is 1.59. The summed E-state index contributed by atoms with van der Waals surface area (Å²) in [6.07, 6.45) is 3.18. The highest BCUT2D eigenvalue weighted by Gasteiger charge is 2.14. The van der Waals surface area contributed by atoms with Gasteiger partial charge in [-0.3, -0.25) is 9.89 Å². The number of H-pyrrole nitrogens is 1.